The number of nitrogens with two attached hydrogens (primary N) is 1. The predicted octanol–water partition coefficient (Wildman–Crippen LogP) is 2.51. The molecule has 0 saturated heterocycles. The summed E-state index contributed by atoms with van der Waals surface area (Å²) in [6.07, 6.45) is 2.30. The Morgan fingerprint density at radius 2 is 2.11 bits per heavy atom. The van der Waals surface area contributed by atoms with Crippen LogP contribution in [0.15, 0.2) is 24.3 Å². The molecule has 4 nitrogen and oxygen atoms in total. The smallest absolute Gasteiger partial charge is 0.0888 e. The van der Waals surface area contributed by atoms with Crippen LogP contribution in [0.1, 0.15) is 38.4 Å². The molecular formula is C14H22N4. The summed E-state index contributed by atoms with van der Waals surface area (Å²) in [5, 5.41) is 5.82. The molecule has 98 valence electrons. The summed E-state index contributed by atoms with van der Waals surface area (Å²) in [7, 11) is 1.98. The van der Waals surface area contributed by atoms with E-state index < -0.39 is 0 Å². The number of hydrazine groups is 1. The third-order valence-corrected chi connectivity index (χ3v) is 3.57. The molecule has 0 fully saturated rings. The van der Waals surface area contributed by atoms with Gasteiger partial charge in [0.05, 0.1) is 17.3 Å². The summed E-state index contributed by atoms with van der Waals surface area (Å²) in [4.78, 5) is 0. The van der Waals surface area contributed by atoms with Gasteiger partial charge >= 0.3 is 0 Å². The lowest BCUT2D eigenvalue weighted by Gasteiger charge is -2.21. The fourth-order valence-electron chi connectivity index (χ4n) is 2.61. The van der Waals surface area contributed by atoms with Crippen molar-refractivity contribution < 1.29 is 0 Å². The molecule has 4 heteroatoms. The summed E-state index contributed by atoms with van der Waals surface area (Å²) in [6, 6.07) is 8.39. The Morgan fingerprint density at radius 1 is 1.39 bits per heavy atom. The number of benzene rings is 1. The Hall–Kier alpha value is -1.39. The first-order valence-electron chi connectivity index (χ1n) is 6.56. The first-order valence-corrected chi connectivity index (χ1v) is 6.56. The monoisotopic (exact) mass is 246 g/mol. The average Bonchev–Trinajstić information content (AvgIpc) is 2.69. The molecular weight excluding hydrogens is 224 g/mol. The first-order chi connectivity index (χ1) is 8.69. The minimum atomic E-state index is 0.107. The van der Waals surface area contributed by atoms with Crippen LogP contribution < -0.4 is 11.3 Å². The van der Waals surface area contributed by atoms with Gasteiger partial charge in [0.15, 0.2) is 0 Å². The molecule has 0 bridgehead atoms. The van der Waals surface area contributed by atoms with Gasteiger partial charge in [-0.15, -0.1) is 0 Å². The van der Waals surface area contributed by atoms with Crippen molar-refractivity contribution >= 4 is 10.9 Å². The van der Waals surface area contributed by atoms with Gasteiger partial charge in [-0.1, -0.05) is 38.5 Å². The number of para-hydroxylation sites is 1. The zero-order valence-electron chi connectivity index (χ0n) is 11.4. The largest absolute Gasteiger partial charge is 0.271 e. The van der Waals surface area contributed by atoms with Crippen LogP contribution in [0.5, 0.6) is 0 Å². The summed E-state index contributed by atoms with van der Waals surface area (Å²) < 4.78 is 1.92. The van der Waals surface area contributed by atoms with E-state index in [0.717, 1.165) is 24.1 Å². The fourth-order valence-corrected chi connectivity index (χ4v) is 2.61. The summed E-state index contributed by atoms with van der Waals surface area (Å²) >= 11 is 0. The number of aromatic nitrogens is 2. The Morgan fingerprint density at radius 3 is 2.78 bits per heavy atom. The molecule has 0 aliphatic heterocycles. The molecule has 0 spiro atoms. The molecule has 0 saturated carbocycles. The summed E-state index contributed by atoms with van der Waals surface area (Å²) in [5.74, 6) is 6.21. The Labute approximate surface area is 108 Å². The number of fused-ring (bicyclic) bond motifs is 1. The fraction of sp³-hybridized carbons (Fsp3) is 0.500. The van der Waals surface area contributed by atoms with Gasteiger partial charge in [0.2, 0.25) is 0 Å². The molecule has 2 atom stereocenters. The number of nitrogens with zero attached hydrogens (tertiary/aromatic N) is 2. The number of hydrogen-bond acceptors (Lipinski definition) is 3. The number of aryl methyl sites for hydroxylation is 1. The Bertz CT molecular complexity index is 517. The second-order valence-electron chi connectivity index (χ2n) is 4.94. The zero-order valence-corrected chi connectivity index (χ0v) is 11.4. The molecule has 18 heavy (non-hydrogen) atoms. The molecule has 0 aliphatic carbocycles. The van der Waals surface area contributed by atoms with Crippen molar-refractivity contribution in [3.8, 4) is 0 Å². The van der Waals surface area contributed by atoms with Crippen molar-refractivity contribution in [1.82, 2.24) is 15.2 Å². The molecule has 2 rings (SSSR count). The minimum Gasteiger partial charge on any atom is -0.271 e. The van der Waals surface area contributed by atoms with E-state index in [0.29, 0.717) is 5.92 Å². The van der Waals surface area contributed by atoms with Gasteiger partial charge in [0.25, 0.3) is 0 Å². The van der Waals surface area contributed by atoms with E-state index in [9.17, 15) is 0 Å². The summed E-state index contributed by atoms with van der Waals surface area (Å²) in [5.41, 5.74) is 5.13. The van der Waals surface area contributed by atoms with Crippen molar-refractivity contribution in [1.29, 1.82) is 0 Å². The maximum Gasteiger partial charge on any atom is 0.0888 e. The number of nitrogens with one attached hydrogen (secondary N) is 1. The van der Waals surface area contributed by atoms with Crippen LogP contribution in [0.4, 0.5) is 0 Å². The highest BCUT2D eigenvalue weighted by molar-refractivity contribution is 5.82. The predicted molar refractivity (Wildman–Crippen MR) is 74.9 cm³/mol. The second-order valence-corrected chi connectivity index (χ2v) is 4.94. The third-order valence-electron chi connectivity index (χ3n) is 3.57. The van der Waals surface area contributed by atoms with Crippen molar-refractivity contribution in [2.45, 2.75) is 32.7 Å². The lowest BCUT2D eigenvalue weighted by molar-refractivity contribution is 0.361. The quantitative estimate of drug-likeness (QED) is 0.629. The van der Waals surface area contributed by atoms with E-state index in [1.54, 1.807) is 0 Å². The van der Waals surface area contributed by atoms with E-state index in [4.69, 9.17) is 5.84 Å². The highest BCUT2D eigenvalue weighted by Crippen LogP contribution is 2.29. The zero-order chi connectivity index (χ0) is 13.1. The Balaban J connectivity index is 2.45. The van der Waals surface area contributed by atoms with Crippen molar-refractivity contribution in [2.75, 3.05) is 0 Å². The average molecular weight is 246 g/mol. The van der Waals surface area contributed by atoms with Crippen LogP contribution in [-0.4, -0.2) is 9.78 Å². The summed E-state index contributed by atoms with van der Waals surface area (Å²) in [6.45, 7) is 4.41. The lowest BCUT2D eigenvalue weighted by atomic mass is 9.93. The van der Waals surface area contributed by atoms with Crippen LogP contribution in [0.2, 0.25) is 0 Å². The van der Waals surface area contributed by atoms with Gasteiger partial charge in [-0.2, -0.15) is 5.10 Å². The Kier molecular flexibility index (Phi) is 3.99. The number of rotatable bonds is 5. The number of hydrogen-bond donors (Lipinski definition) is 2. The van der Waals surface area contributed by atoms with Crippen LogP contribution >= 0.6 is 0 Å². The molecule has 2 aromatic rings. The normalized spacial score (nSPS) is 14.9. The molecule has 1 aromatic carbocycles. The topological polar surface area (TPSA) is 55.9 Å². The van der Waals surface area contributed by atoms with Crippen molar-refractivity contribution in [2.24, 2.45) is 18.8 Å². The van der Waals surface area contributed by atoms with Crippen molar-refractivity contribution in [3.05, 3.63) is 30.0 Å². The van der Waals surface area contributed by atoms with Gasteiger partial charge in [-0.25, -0.2) is 0 Å². The molecule has 1 aromatic heterocycles. The maximum atomic E-state index is 5.74. The minimum absolute atomic E-state index is 0.107. The first kappa shape index (κ1) is 13.1. The van der Waals surface area contributed by atoms with E-state index in [1.807, 2.05) is 23.9 Å². The maximum absolute atomic E-state index is 5.74. The van der Waals surface area contributed by atoms with Crippen LogP contribution in [-0.2, 0) is 7.05 Å². The van der Waals surface area contributed by atoms with Gasteiger partial charge in [-0.05, 0) is 18.4 Å². The van der Waals surface area contributed by atoms with Gasteiger partial charge in [0, 0.05) is 12.4 Å². The molecule has 0 aliphatic rings. The molecule has 0 radical (unpaired) electrons. The standard InChI is InChI=1S/C14H22N4/c1-4-7-10(2)13(16-15)14-11-8-5-6-9-12(11)18(3)17-14/h5-6,8-10,13,16H,4,7,15H2,1-3H3. The SMILES string of the molecule is CCCC(C)C(NN)c1nn(C)c2ccccc12. The van der Waals surface area contributed by atoms with Gasteiger partial charge in [-0.3, -0.25) is 16.0 Å². The van der Waals surface area contributed by atoms with Gasteiger partial charge < -0.3 is 0 Å². The van der Waals surface area contributed by atoms with E-state index in [2.05, 4.69) is 36.5 Å². The highest BCUT2D eigenvalue weighted by Gasteiger charge is 2.22. The van der Waals surface area contributed by atoms with E-state index in [-0.39, 0.29) is 6.04 Å². The van der Waals surface area contributed by atoms with Crippen LogP contribution in [0.3, 0.4) is 0 Å². The molecule has 0 amide bonds. The van der Waals surface area contributed by atoms with Crippen LogP contribution in [0, 0.1) is 5.92 Å². The molecule has 2 unspecified atom stereocenters. The molecule has 1 heterocycles. The highest BCUT2D eigenvalue weighted by atomic mass is 15.3. The van der Waals surface area contributed by atoms with E-state index >= 15 is 0 Å². The lowest BCUT2D eigenvalue weighted by Crippen LogP contribution is -2.33. The third kappa shape index (κ3) is 2.26. The van der Waals surface area contributed by atoms with Crippen LogP contribution in [0.25, 0.3) is 10.9 Å². The van der Waals surface area contributed by atoms with E-state index in [1.165, 1.54) is 5.39 Å². The second kappa shape index (κ2) is 5.50. The molecule has 3 N–H and O–H groups in total. The van der Waals surface area contributed by atoms with Gasteiger partial charge in [0.1, 0.15) is 0 Å². The van der Waals surface area contributed by atoms with Crippen molar-refractivity contribution in [3.63, 3.8) is 0 Å².